The molecule has 196 valence electrons. The zero-order chi connectivity index (χ0) is 27.4. The van der Waals surface area contributed by atoms with Crippen LogP contribution in [0.3, 0.4) is 0 Å². The lowest BCUT2D eigenvalue weighted by atomic mass is 10.2. The first-order chi connectivity index (χ1) is 18.1. The number of nitrogens with one attached hydrogen (secondary N) is 1. The number of hydrogen-bond donors (Lipinski definition) is 1. The van der Waals surface area contributed by atoms with Gasteiger partial charge < -0.3 is 4.57 Å². The average Bonchev–Trinajstić information content (AvgIpc) is 3.16. The van der Waals surface area contributed by atoms with Crippen molar-refractivity contribution in [2.75, 3.05) is 10.8 Å². The summed E-state index contributed by atoms with van der Waals surface area (Å²) in [5.41, 5.74) is 7.09. The maximum atomic E-state index is 13.5. The van der Waals surface area contributed by atoms with Crippen molar-refractivity contribution in [1.82, 2.24) is 9.99 Å². The van der Waals surface area contributed by atoms with Gasteiger partial charge in [0.25, 0.3) is 15.9 Å². The minimum atomic E-state index is -4.04. The second-order valence-electron chi connectivity index (χ2n) is 8.69. The van der Waals surface area contributed by atoms with Crippen molar-refractivity contribution in [3.63, 3.8) is 0 Å². The molecular formula is C28H26Cl2N4O3S. The van der Waals surface area contributed by atoms with Gasteiger partial charge in [0.1, 0.15) is 6.54 Å². The molecule has 0 unspecified atom stereocenters. The number of anilines is 1. The number of carbonyl (C=O) groups is 1. The number of amides is 1. The van der Waals surface area contributed by atoms with Crippen LogP contribution in [0.25, 0.3) is 5.69 Å². The van der Waals surface area contributed by atoms with Crippen LogP contribution >= 0.6 is 23.2 Å². The molecule has 0 saturated carbocycles. The van der Waals surface area contributed by atoms with Gasteiger partial charge in [-0.05, 0) is 87.0 Å². The normalized spacial score (nSPS) is 11.6. The number of aromatic nitrogens is 1. The van der Waals surface area contributed by atoms with E-state index in [0.717, 1.165) is 26.9 Å². The minimum Gasteiger partial charge on any atom is -0.318 e. The summed E-state index contributed by atoms with van der Waals surface area (Å²) in [5, 5.41) is 5.22. The van der Waals surface area contributed by atoms with Gasteiger partial charge in [0.05, 0.1) is 16.8 Å². The van der Waals surface area contributed by atoms with E-state index >= 15 is 0 Å². The van der Waals surface area contributed by atoms with E-state index in [2.05, 4.69) is 15.1 Å². The van der Waals surface area contributed by atoms with Crippen LogP contribution in [0.4, 0.5) is 5.69 Å². The van der Waals surface area contributed by atoms with Crippen molar-refractivity contribution in [2.24, 2.45) is 5.10 Å². The van der Waals surface area contributed by atoms with Crippen molar-refractivity contribution in [3.05, 3.63) is 111 Å². The highest BCUT2D eigenvalue weighted by atomic mass is 35.5. The summed E-state index contributed by atoms with van der Waals surface area (Å²) in [6.45, 7) is 5.18. The molecule has 0 fully saturated rings. The molecule has 10 heteroatoms. The molecule has 0 spiro atoms. The number of sulfonamides is 1. The van der Waals surface area contributed by atoms with Crippen LogP contribution in [-0.4, -0.2) is 31.7 Å². The van der Waals surface area contributed by atoms with Crippen LogP contribution in [0.1, 0.15) is 22.5 Å². The number of carbonyl (C=O) groups excluding carboxylic acids is 1. The largest absolute Gasteiger partial charge is 0.318 e. The summed E-state index contributed by atoms with van der Waals surface area (Å²) in [6, 6.07) is 22.2. The van der Waals surface area contributed by atoms with Crippen LogP contribution in [0.15, 0.2) is 88.9 Å². The smallest absolute Gasteiger partial charge is 0.264 e. The van der Waals surface area contributed by atoms with E-state index in [1.54, 1.807) is 43.3 Å². The molecule has 1 heterocycles. The number of benzene rings is 3. The first-order valence-corrected chi connectivity index (χ1v) is 13.9. The fourth-order valence-electron chi connectivity index (χ4n) is 4.16. The molecule has 0 aliphatic rings. The Balaban J connectivity index is 1.56. The summed E-state index contributed by atoms with van der Waals surface area (Å²) in [6.07, 6.45) is 1.54. The van der Waals surface area contributed by atoms with Gasteiger partial charge in [-0.2, -0.15) is 5.10 Å². The molecule has 0 saturated heterocycles. The number of hydrogen-bond acceptors (Lipinski definition) is 4. The highest BCUT2D eigenvalue weighted by molar-refractivity contribution is 7.92. The molecule has 0 atom stereocenters. The van der Waals surface area contributed by atoms with Crippen molar-refractivity contribution in [1.29, 1.82) is 0 Å². The number of nitrogens with zero attached hydrogens (tertiary/aromatic N) is 3. The monoisotopic (exact) mass is 568 g/mol. The van der Waals surface area contributed by atoms with Crippen LogP contribution in [-0.2, 0) is 14.8 Å². The molecule has 0 bridgehead atoms. The summed E-state index contributed by atoms with van der Waals surface area (Å²) in [4.78, 5) is 13.0. The van der Waals surface area contributed by atoms with E-state index in [1.165, 1.54) is 18.3 Å². The lowest BCUT2D eigenvalue weighted by Gasteiger charge is -2.25. The van der Waals surface area contributed by atoms with E-state index in [1.807, 2.05) is 44.2 Å². The molecule has 4 aromatic rings. The SMILES string of the molecule is Cc1cc(Cl)ccc1N(CC(=O)N/N=C/c1cc(C)n(-c2ccc(Cl)cc2)c1C)S(=O)(=O)c1ccccc1. The Kier molecular flexibility index (Phi) is 8.26. The molecule has 1 N–H and O–H groups in total. The Bertz CT molecular complexity index is 1600. The highest BCUT2D eigenvalue weighted by Crippen LogP contribution is 2.29. The van der Waals surface area contributed by atoms with E-state index in [4.69, 9.17) is 23.2 Å². The van der Waals surface area contributed by atoms with Gasteiger partial charge in [-0.25, -0.2) is 13.8 Å². The Hall–Kier alpha value is -3.59. The molecule has 1 aromatic heterocycles. The highest BCUT2D eigenvalue weighted by Gasteiger charge is 2.28. The predicted molar refractivity (Wildman–Crippen MR) is 153 cm³/mol. The number of hydrazone groups is 1. The number of aryl methyl sites for hydroxylation is 2. The summed E-state index contributed by atoms with van der Waals surface area (Å²) < 4.78 is 30.1. The minimum absolute atomic E-state index is 0.0697. The second-order valence-corrected chi connectivity index (χ2v) is 11.4. The van der Waals surface area contributed by atoms with Crippen molar-refractivity contribution in [2.45, 2.75) is 25.7 Å². The molecule has 3 aromatic carbocycles. The van der Waals surface area contributed by atoms with Gasteiger partial charge in [-0.1, -0.05) is 41.4 Å². The van der Waals surface area contributed by atoms with Crippen molar-refractivity contribution < 1.29 is 13.2 Å². The lowest BCUT2D eigenvalue weighted by molar-refractivity contribution is -0.119. The quantitative estimate of drug-likeness (QED) is 0.207. The van der Waals surface area contributed by atoms with E-state index < -0.39 is 22.5 Å². The fraction of sp³-hybridized carbons (Fsp3) is 0.143. The molecule has 0 radical (unpaired) electrons. The number of rotatable bonds is 8. The number of halogens is 2. The van der Waals surface area contributed by atoms with Crippen LogP contribution in [0.2, 0.25) is 10.0 Å². The van der Waals surface area contributed by atoms with E-state index in [-0.39, 0.29) is 4.90 Å². The van der Waals surface area contributed by atoms with Gasteiger partial charge in [0.2, 0.25) is 0 Å². The molecule has 1 amide bonds. The van der Waals surface area contributed by atoms with Gasteiger partial charge in [-0.15, -0.1) is 0 Å². The van der Waals surface area contributed by atoms with Crippen LogP contribution in [0, 0.1) is 20.8 Å². The maximum Gasteiger partial charge on any atom is 0.264 e. The topological polar surface area (TPSA) is 83.8 Å². The third-order valence-corrected chi connectivity index (χ3v) is 8.25. The third-order valence-electron chi connectivity index (χ3n) is 5.99. The molecule has 38 heavy (non-hydrogen) atoms. The first kappa shape index (κ1) is 27.4. The van der Waals surface area contributed by atoms with Gasteiger partial charge in [0.15, 0.2) is 0 Å². The third kappa shape index (κ3) is 5.93. The fourth-order valence-corrected chi connectivity index (χ4v) is 6.02. The Morgan fingerprint density at radius 1 is 0.947 bits per heavy atom. The van der Waals surface area contributed by atoms with Crippen molar-refractivity contribution >= 4 is 51.0 Å². The van der Waals surface area contributed by atoms with Crippen LogP contribution < -0.4 is 9.73 Å². The molecule has 4 rings (SSSR count). The predicted octanol–water partition coefficient (Wildman–Crippen LogP) is 6.05. The molecule has 0 aliphatic carbocycles. The van der Waals surface area contributed by atoms with E-state index in [9.17, 15) is 13.2 Å². The molecule has 7 nitrogen and oxygen atoms in total. The second kappa shape index (κ2) is 11.4. The van der Waals surface area contributed by atoms with Crippen molar-refractivity contribution in [3.8, 4) is 5.69 Å². The standard InChI is InChI=1S/C28H26Cl2N4O3S/c1-19-15-24(30)11-14-27(19)33(38(36,37)26-7-5-4-6-8-26)18-28(35)32-31-17-22-16-20(2)34(21(22)3)25-12-9-23(29)10-13-25/h4-17H,18H2,1-3H3,(H,32,35)/b31-17+. The zero-order valence-electron chi connectivity index (χ0n) is 21.0. The van der Waals surface area contributed by atoms with Crippen LogP contribution in [0.5, 0.6) is 0 Å². The molecule has 0 aliphatic heterocycles. The summed E-state index contributed by atoms with van der Waals surface area (Å²) >= 11 is 12.1. The lowest BCUT2D eigenvalue weighted by Crippen LogP contribution is -2.40. The first-order valence-electron chi connectivity index (χ1n) is 11.7. The Morgan fingerprint density at radius 3 is 2.26 bits per heavy atom. The Morgan fingerprint density at radius 2 is 1.61 bits per heavy atom. The Labute approximate surface area is 232 Å². The maximum absolute atomic E-state index is 13.5. The zero-order valence-corrected chi connectivity index (χ0v) is 23.3. The van der Waals surface area contributed by atoms with E-state index in [0.29, 0.717) is 21.3 Å². The summed E-state index contributed by atoms with van der Waals surface area (Å²) in [7, 11) is -4.04. The molecular weight excluding hydrogens is 543 g/mol. The van der Waals surface area contributed by atoms with Gasteiger partial charge >= 0.3 is 0 Å². The summed E-state index contributed by atoms with van der Waals surface area (Å²) in [5.74, 6) is -0.596. The van der Waals surface area contributed by atoms with Gasteiger partial charge in [0, 0.05) is 32.7 Å². The van der Waals surface area contributed by atoms with Gasteiger partial charge in [-0.3, -0.25) is 9.10 Å². The average molecular weight is 570 g/mol.